The van der Waals surface area contributed by atoms with Crippen molar-refractivity contribution in [2.45, 2.75) is 149 Å². The summed E-state index contributed by atoms with van der Waals surface area (Å²) in [5.74, 6) is 0. The molecular formula is C27H50N6O2. The highest BCUT2D eigenvalue weighted by Crippen LogP contribution is 2.09. The van der Waals surface area contributed by atoms with Crippen LogP contribution in [-0.4, -0.2) is 0 Å². The van der Waals surface area contributed by atoms with Crippen LogP contribution in [0.5, 0.6) is 0 Å². The van der Waals surface area contributed by atoms with E-state index in [4.69, 9.17) is 19.9 Å². The quantitative estimate of drug-likeness (QED) is 0.183. The van der Waals surface area contributed by atoms with Gasteiger partial charge in [-0.05, 0) is 19.3 Å². The second-order valence-corrected chi connectivity index (χ2v) is 9.95. The normalized spacial score (nSPS) is 11.5. The van der Waals surface area contributed by atoms with Crippen molar-refractivity contribution in [3.8, 4) is 0 Å². The SMILES string of the molecule is CCCCCCCCCC[n+]1[n-]oc(=N)c1CCCc1c(=N)o[n-][n+]1CCCCCCCCCC. The van der Waals surface area contributed by atoms with Gasteiger partial charge in [0.05, 0.1) is 0 Å². The molecule has 0 radical (unpaired) electrons. The molecule has 8 nitrogen and oxygen atoms in total. The summed E-state index contributed by atoms with van der Waals surface area (Å²) in [4.78, 5) is 0. The number of rotatable bonds is 22. The third-order valence-electron chi connectivity index (χ3n) is 6.88. The summed E-state index contributed by atoms with van der Waals surface area (Å²) in [5.41, 5.74) is 2.02. The summed E-state index contributed by atoms with van der Waals surface area (Å²) in [5, 5.41) is 24.4. The lowest BCUT2D eigenvalue weighted by Crippen LogP contribution is -2.44. The lowest BCUT2D eigenvalue weighted by Gasteiger charge is -2.04. The van der Waals surface area contributed by atoms with E-state index in [1.54, 1.807) is 0 Å². The zero-order chi connectivity index (χ0) is 25.1. The van der Waals surface area contributed by atoms with Gasteiger partial charge in [-0.2, -0.15) is 0 Å². The Balaban J connectivity index is 1.69. The molecule has 0 unspecified atom stereocenters. The van der Waals surface area contributed by atoms with Crippen LogP contribution in [0.25, 0.3) is 0 Å². The van der Waals surface area contributed by atoms with Crippen molar-refractivity contribution in [2.75, 3.05) is 0 Å². The fourth-order valence-corrected chi connectivity index (χ4v) is 4.67. The molecule has 2 rings (SSSR count). The summed E-state index contributed by atoms with van der Waals surface area (Å²) in [6.45, 7) is 6.12. The van der Waals surface area contributed by atoms with Gasteiger partial charge < -0.3 is 9.05 Å². The van der Waals surface area contributed by atoms with Crippen LogP contribution in [0.3, 0.4) is 0 Å². The summed E-state index contributed by atoms with van der Waals surface area (Å²) < 4.78 is 14.1. The van der Waals surface area contributed by atoms with E-state index in [9.17, 15) is 0 Å². The number of aryl methyl sites for hydroxylation is 2. The molecule has 0 spiro atoms. The second-order valence-electron chi connectivity index (χ2n) is 9.95. The molecule has 2 aromatic rings. The Labute approximate surface area is 211 Å². The largest absolute Gasteiger partial charge is 0.487 e. The van der Waals surface area contributed by atoms with E-state index >= 15 is 0 Å². The number of aromatic nitrogens is 4. The first-order valence-corrected chi connectivity index (χ1v) is 14.4. The highest BCUT2D eigenvalue weighted by Gasteiger charge is 2.16. The molecule has 0 atom stereocenters. The third-order valence-corrected chi connectivity index (χ3v) is 6.88. The predicted octanol–water partition coefficient (Wildman–Crippen LogP) is 4.78. The molecule has 200 valence electrons. The fraction of sp³-hybridized carbons (Fsp3) is 0.852. The van der Waals surface area contributed by atoms with Crippen molar-refractivity contribution >= 4 is 0 Å². The monoisotopic (exact) mass is 490 g/mol. The van der Waals surface area contributed by atoms with Gasteiger partial charge in [0.2, 0.25) is 11.4 Å². The van der Waals surface area contributed by atoms with Crippen LogP contribution in [-0.2, 0) is 25.9 Å². The highest BCUT2D eigenvalue weighted by atomic mass is 16.5. The maximum atomic E-state index is 8.10. The molecule has 0 aliphatic heterocycles. The van der Waals surface area contributed by atoms with Crippen LogP contribution in [0, 0.1) is 10.8 Å². The molecule has 0 fully saturated rings. The molecule has 0 bridgehead atoms. The molecule has 8 heteroatoms. The summed E-state index contributed by atoms with van der Waals surface area (Å²) in [6.07, 6.45) is 22.6. The maximum Gasteiger partial charge on any atom is 0.268 e. The summed E-state index contributed by atoms with van der Waals surface area (Å²) in [6, 6.07) is 0. The average molecular weight is 491 g/mol. The maximum absolute atomic E-state index is 8.10. The topological polar surface area (TPSA) is 110 Å². The Morgan fingerprint density at radius 3 is 1.23 bits per heavy atom. The minimum Gasteiger partial charge on any atom is -0.487 e. The van der Waals surface area contributed by atoms with E-state index < -0.39 is 0 Å². The van der Waals surface area contributed by atoms with Crippen molar-refractivity contribution in [1.29, 1.82) is 10.8 Å². The molecule has 0 amide bonds. The van der Waals surface area contributed by atoms with Crippen molar-refractivity contribution in [3.63, 3.8) is 0 Å². The second kappa shape index (κ2) is 18.2. The number of hydrogen-bond acceptors (Lipinski definition) is 4. The van der Waals surface area contributed by atoms with Crippen LogP contribution in [0.4, 0.5) is 0 Å². The number of nitrogens with one attached hydrogen (secondary N) is 2. The van der Waals surface area contributed by atoms with Gasteiger partial charge in [-0.15, -0.1) is 0 Å². The minimum absolute atomic E-state index is 0.160. The van der Waals surface area contributed by atoms with Gasteiger partial charge in [0, 0.05) is 25.7 Å². The van der Waals surface area contributed by atoms with Gasteiger partial charge >= 0.3 is 0 Å². The number of unbranched alkanes of at least 4 members (excludes halogenated alkanes) is 14. The zero-order valence-corrected chi connectivity index (χ0v) is 22.5. The van der Waals surface area contributed by atoms with Crippen LogP contribution in [0.15, 0.2) is 9.05 Å². The van der Waals surface area contributed by atoms with Crippen LogP contribution in [0.1, 0.15) is 134 Å². The van der Waals surface area contributed by atoms with E-state index in [2.05, 4.69) is 24.4 Å². The first-order chi connectivity index (χ1) is 17.2. The van der Waals surface area contributed by atoms with E-state index in [1.807, 2.05) is 9.36 Å². The molecule has 0 saturated carbocycles. The van der Waals surface area contributed by atoms with Gasteiger partial charge in [-0.1, -0.05) is 90.9 Å². The van der Waals surface area contributed by atoms with Gasteiger partial charge in [0.15, 0.2) is 0 Å². The third kappa shape index (κ3) is 11.4. The van der Waals surface area contributed by atoms with Crippen LogP contribution in [0.2, 0.25) is 0 Å². The summed E-state index contributed by atoms with van der Waals surface area (Å²) in [7, 11) is 0. The molecular weight excluding hydrogens is 440 g/mol. The highest BCUT2D eigenvalue weighted by molar-refractivity contribution is 4.85. The lowest BCUT2D eigenvalue weighted by molar-refractivity contribution is -0.774. The Hall–Kier alpha value is -2.12. The summed E-state index contributed by atoms with van der Waals surface area (Å²) >= 11 is 0. The number of nitrogens with zero attached hydrogens (tertiary/aromatic N) is 4. The minimum atomic E-state index is 0.160. The number of hydrogen-bond donors (Lipinski definition) is 2. The van der Waals surface area contributed by atoms with Crippen molar-refractivity contribution in [2.24, 2.45) is 0 Å². The standard InChI is InChI=1S/C27H50N6O2/c1-3-5-7-9-11-13-15-17-22-32-24(26(28)34-30-32)20-19-21-25-27(29)35-31-33(25)23-18-16-14-12-10-8-6-4-2/h28-29H,3-23H2,1-2H3. The van der Waals surface area contributed by atoms with E-state index in [1.165, 1.54) is 89.9 Å². The van der Waals surface area contributed by atoms with Crippen molar-refractivity contribution in [3.05, 3.63) is 22.5 Å². The van der Waals surface area contributed by atoms with Gasteiger partial charge in [-0.25, -0.2) is 9.36 Å². The Kier molecular flexibility index (Phi) is 15.1. The van der Waals surface area contributed by atoms with Gasteiger partial charge in [0.1, 0.15) is 13.1 Å². The molecule has 2 N–H and O–H groups in total. The molecule has 0 saturated heterocycles. The molecule has 0 aliphatic rings. The van der Waals surface area contributed by atoms with Crippen LogP contribution >= 0.6 is 0 Å². The smallest absolute Gasteiger partial charge is 0.268 e. The van der Waals surface area contributed by atoms with E-state index in [-0.39, 0.29) is 11.1 Å². The van der Waals surface area contributed by atoms with Crippen molar-refractivity contribution in [1.82, 2.24) is 10.5 Å². The average Bonchev–Trinajstić information content (AvgIpc) is 3.39. The van der Waals surface area contributed by atoms with Gasteiger partial charge in [-0.3, -0.25) is 21.4 Å². The van der Waals surface area contributed by atoms with Crippen molar-refractivity contribution < 1.29 is 18.4 Å². The Bertz CT molecular complexity index is 822. The molecule has 2 aromatic heterocycles. The van der Waals surface area contributed by atoms with Crippen LogP contribution < -0.4 is 31.0 Å². The molecule has 0 aliphatic carbocycles. The first kappa shape index (κ1) is 29.1. The molecule has 35 heavy (non-hydrogen) atoms. The first-order valence-electron chi connectivity index (χ1n) is 14.4. The Morgan fingerprint density at radius 2 is 0.857 bits per heavy atom. The Morgan fingerprint density at radius 1 is 0.514 bits per heavy atom. The molecule has 2 heterocycles. The zero-order valence-electron chi connectivity index (χ0n) is 22.5. The molecule has 0 aromatic carbocycles. The predicted molar refractivity (Wildman–Crippen MR) is 133 cm³/mol. The lowest BCUT2D eigenvalue weighted by atomic mass is 10.1. The van der Waals surface area contributed by atoms with Gasteiger partial charge in [0.25, 0.3) is 11.1 Å². The van der Waals surface area contributed by atoms with E-state index in [0.29, 0.717) is 12.8 Å². The van der Waals surface area contributed by atoms with E-state index in [0.717, 1.165) is 43.7 Å². The fourth-order valence-electron chi connectivity index (χ4n) is 4.67.